The van der Waals surface area contributed by atoms with Gasteiger partial charge in [-0.25, -0.2) is 15.0 Å². The Hall–Kier alpha value is -7.88. The number of hydrogen-bond donors (Lipinski definition) is 0. The fraction of sp³-hybridized carbons (Fsp3) is 0.0566. The van der Waals surface area contributed by atoms with E-state index in [2.05, 4.69) is 111 Å². The number of aromatic nitrogens is 5. The molecule has 6 nitrogen and oxygen atoms in total. The van der Waals surface area contributed by atoms with Crippen molar-refractivity contribution in [2.45, 2.75) is 19.3 Å². The summed E-state index contributed by atoms with van der Waals surface area (Å²) in [5.74, 6) is 1.84. The van der Waals surface area contributed by atoms with Crippen LogP contribution in [0.2, 0.25) is 0 Å². The molecule has 1 aliphatic carbocycles. The normalized spacial score (nSPS) is 12.7. The lowest BCUT2D eigenvalue weighted by atomic mass is 9.82. The van der Waals surface area contributed by atoms with Crippen molar-refractivity contribution in [3.05, 3.63) is 187 Å². The molecule has 59 heavy (non-hydrogen) atoms. The van der Waals surface area contributed by atoms with Crippen LogP contribution in [-0.2, 0) is 5.41 Å². The summed E-state index contributed by atoms with van der Waals surface area (Å²) in [5, 5.41) is 13.7. The summed E-state index contributed by atoms with van der Waals surface area (Å²) >= 11 is 0. The first-order chi connectivity index (χ1) is 28.9. The minimum atomic E-state index is -0.155. The molecule has 0 saturated heterocycles. The SMILES string of the molecule is CC1(C)c2ccccc2-c2ccc(-c3nc(-c4ccccc4)nc(-c4cccc(-c5cc6c7cccnc7c(-c7ccc(C#N)cc7)cc6c6cccnc56)c4)n3)cc21. The summed E-state index contributed by atoms with van der Waals surface area (Å²) in [6.07, 6.45) is 3.69. The molecule has 0 amide bonds. The molecule has 0 N–H and O–H groups in total. The smallest absolute Gasteiger partial charge is 0.164 e. The highest BCUT2D eigenvalue weighted by Crippen LogP contribution is 2.49. The van der Waals surface area contributed by atoms with Crippen LogP contribution < -0.4 is 0 Å². The van der Waals surface area contributed by atoms with E-state index in [1.807, 2.05) is 79.1 Å². The summed E-state index contributed by atoms with van der Waals surface area (Å²) in [6.45, 7) is 4.58. The quantitative estimate of drug-likeness (QED) is 0.163. The van der Waals surface area contributed by atoms with Crippen molar-refractivity contribution >= 4 is 32.6 Å². The van der Waals surface area contributed by atoms with Gasteiger partial charge >= 0.3 is 0 Å². The molecule has 0 atom stereocenters. The zero-order chi connectivity index (χ0) is 39.7. The largest absolute Gasteiger partial charge is 0.256 e. The summed E-state index contributed by atoms with van der Waals surface area (Å²) in [6, 6.07) is 56.5. The number of pyridine rings is 2. The molecule has 1 aliphatic rings. The van der Waals surface area contributed by atoms with E-state index in [1.165, 1.54) is 22.3 Å². The molecule has 0 saturated carbocycles. The van der Waals surface area contributed by atoms with Crippen molar-refractivity contribution in [1.29, 1.82) is 5.26 Å². The van der Waals surface area contributed by atoms with E-state index in [9.17, 15) is 5.26 Å². The molecule has 10 aromatic rings. The topological polar surface area (TPSA) is 88.2 Å². The molecular formula is C53H34N6. The Kier molecular flexibility index (Phi) is 7.79. The highest BCUT2D eigenvalue weighted by molar-refractivity contribution is 6.22. The lowest BCUT2D eigenvalue weighted by molar-refractivity contribution is 0.660. The first-order valence-electron chi connectivity index (χ1n) is 19.7. The first kappa shape index (κ1) is 34.4. The van der Waals surface area contributed by atoms with Gasteiger partial charge in [-0.2, -0.15) is 5.26 Å². The van der Waals surface area contributed by atoms with Crippen LogP contribution in [0.25, 0.3) is 100 Å². The second kappa shape index (κ2) is 13.4. The molecular weight excluding hydrogens is 721 g/mol. The van der Waals surface area contributed by atoms with Gasteiger partial charge in [0.05, 0.1) is 22.7 Å². The van der Waals surface area contributed by atoms with Gasteiger partial charge in [-0.05, 0) is 92.7 Å². The number of fused-ring (bicyclic) bond motifs is 8. The van der Waals surface area contributed by atoms with E-state index in [-0.39, 0.29) is 5.41 Å². The Labute approximate surface area is 341 Å². The maximum Gasteiger partial charge on any atom is 0.164 e. The van der Waals surface area contributed by atoms with Crippen molar-refractivity contribution in [2.24, 2.45) is 0 Å². The van der Waals surface area contributed by atoms with Crippen molar-refractivity contribution in [2.75, 3.05) is 0 Å². The van der Waals surface area contributed by atoms with Gasteiger partial charge < -0.3 is 0 Å². The Morgan fingerprint density at radius 1 is 0.407 bits per heavy atom. The third kappa shape index (κ3) is 5.59. The van der Waals surface area contributed by atoms with Crippen LogP contribution >= 0.6 is 0 Å². The van der Waals surface area contributed by atoms with Gasteiger partial charge in [-0.3, -0.25) is 9.97 Å². The molecule has 0 aliphatic heterocycles. The minimum Gasteiger partial charge on any atom is -0.256 e. The Morgan fingerprint density at radius 2 is 0.949 bits per heavy atom. The summed E-state index contributed by atoms with van der Waals surface area (Å²) in [5.41, 5.74) is 14.2. The van der Waals surface area contributed by atoms with Crippen molar-refractivity contribution < 1.29 is 0 Å². The molecule has 6 heteroatoms. The molecule has 276 valence electrons. The van der Waals surface area contributed by atoms with Gasteiger partial charge in [-0.15, -0.1) is 0 Å². The van der Waals surface area contributed by atoms with Crippen LogP contribution in [0.5, 0.6) is 0 Å². The van der Waals surface area contributed by atoms with Gasteiger partial charge in [0.1, 0.15) is 0 Å². The fourth-order valence-electron chi connectivity index (χ4n) is 8.89. The molecule has 7 aromatic carbocycles. The molecule has 0 fully saturated rings. The van der Waals surface area contributed by atoms with E-state index in [0.717, 1.165) is 71.5 Å². The monoisotopic (exact) mass is 754 g/mol. The number of rotatable bonds is 5. The summed E-state index contributed by atoms with van der Waals surface area (Å²) in [4.78, 5) is 25.3. The average Bonchev–Trinajstić information content (AvgIpc) is 3.53. The summed E-state index contributed by atoms with van der Waals surface area (Å²) < 4.78 is 0. The van der Waals surface area contributed by atoms with E-state index < -0.39 is 0 Å². The molecule has 0 spiro atoms. The van der Waals surface area contributed by atoms with Crippen molar-refractivity contribution in [3.63, 3.8) is 0 Å². The highest BCUT2D eigenvalue weighted by Gasteiger charge is 2.35. The highest BCUT2D eigenvalue weighted by atomic mass is 15.0. The van der Waals surface area contributed by atoms with Crippen LogP contribution in [0, 0.1) is 11.3 Å². The van der Waals surface area contributed by atoms with E-state index in [0.29, 0.717) is 23.0 Å². The second-order valence-electron chi connectivity index (χ2n) is 15.6. The van der Waals surface area contributed by atoms with Gasteiger partial charge in [0.2, 0.25) is 0 Å². The van der Waals surface area contributed by atoms with Crippen molar-refractivity contribution in [3.8, 4) is 73.6 Å². The maximum atomic E-state index is 9.44. The molecule has 0 bridgehead atoms. The van der Waals surface area contributed by atoms with Crippen molar-refractivity contribution in [1.82, 2.24) is 24.9 Å². The third-order valence-electron chi connectivity index (χ3n) is 11.8. The summed E-state index contributed by atoms with van der Waals surface area (Å²) in [7, 11) is 0. The molecule has 3 aromatic heterocycles. The van der Waals surface area contributed by atoms with Crippen LogP contribution in [0.3, 0.4) is 0 Å². The molecule has 0 unspecified atom stereocenters. The fourth-order valence-corrected chi connectivity index (χ4v) is 8.89. The standard InChI is InChI=1S/C53H34N6/c1-53(2)46-18-7-6-15-38(46)39-24-23-37(28-47(39)53)52-58-50(34-11-4-3-5-12-34)57-51(59-52)36-14-8-13-35(27-36)43-30-45-40-16-9-25-55-48(40)42(33-21-19-32(31-54)20-22-33)29-44(45)41-17-10-26-56-49(41)43/h3-30H,1-2H3. The second-order valence-corrected chi connectivity index (χ2v) is 15.6. The Balaban J connectivity index is 1.08. The van der Waals surface area contributed by atoms with Crippen LogP contribution in [0.1, 0.15) is 30.5 Å². The van der Waals surface area contributed by atoms with E-state index >= 15 is 0 Å². The lowest BCUT2D eigenvalue weighted by Gasteiger charge is -2.21. The predicted molar refractivity (Wildman–Crippen MR) is 237 cm³/mol. The van der Waals surface area contributed by atoms with E-state index in [1.54, 1.807) is 0 Å². The lowest BCUT2D eigenvalue weighted by Crippen LogP contribution is -2.15. The van der Waals surface area contributed by atoms with Gasteiger partial charge in [0, 0.05) is 56.4 Å². The molecule has 3 heterocycles. The molecule has 11 rings (SSSR count). The third-order valence-corrected chi connectivity index (χ3v) is 11.8. The Bertz CT molecular complexity index is 3360. The number of benzene rings is 7. The first-order valence-corrected chi connectivity index (χ1v) is 19.7. The zero-order valence-corrected chi connectivity index (χ0v) is 32.3. The van der Waals surface area contributed by atoms with Gasteiger partial charge in [0.15, 0.2) is 17.5 Å². The zero-order valence-electron chi connectivity index (χ0n) is 32.3. The van der Waals surface area contributed by atoms with Gasteiger partial charge in [-0.1, -0.05) is 123 Å². The van der Waals surface area contributed by atoms with E-state index in [4.69, 9.17) is 24.9 Å². The van der Waals surface area contributed by atoms with Crippen LogP contribution in [0.15, 0.2) is 170 Å². The predicted octanol–water partition coefficient (Wildman–Crippen LogP) is 12.6. The number of nitriles is 1. The Morgan fingerprint density at radius 3 is 1.63 bits per heavy atom. The maximum absolute atomic E-state index is 9.44. The number of hydrogen-bond acceptors (Lipinski definition) is 6. The number of nitrogens with zero attached hydrogens (tertiary/aromatic N) is 6. The van der Waals surface area contributed by atoms with Crippen LogP contribution in [0.4, 0.5) is 0 Å². The minimum absolute atomic E-state index is 0.155. The van der Waals surface area contributed by atoms with Gasteiger partial charge in [0.25, 0.3) is 0 Å². The molecule has 0 radical (unpaired) electrons. The average molecular weight is 755 g/mol. The van der Waals surface area contributed by atoms with Crippen LogP contribution in [-0.4, -0.2) is 24.9 Å².